The highest BCUT2D eigenvalue weighted by Gasteiger charge is 2.18. The zero-order valence-corrected chi connectivity index (χ0v) is 12.5. The maximum Gasteiger partial charge on any atom is 0.317 e. The molecule has 1 aliphatic rings. The molecule has 0 bridgehead atoms. The second-order valence-electron chi connectivity index (χ2n) is 5.64. The Morgan fingerprint density at radius 1 is 1.15 bits per heavy atom. The lowest BCUT2D eigenvalue weighted by Crippen LogP contribution is -2.44. The van der Waals surface area contributed by atoms with Crippen LogP contribution in [0.1, 0.15) is 51.0 Å². The van der Waals surface area contributed by atoms with E-state index >= 15 is 0 Å². The summed E-state index contributed by atoms with van der Waals surface area (Å²) in [5, 5.41) is 3.22. The van der Waals surface area contributed by atoms with Crippen molar-refractivity contribution in [1.82, 2.24) is 10.2 Å². The molecule has 0 aromatic heterocycles. The Morgan fingerprint density at radius 2 is 1.80 bits per heavy atom. The van der Waals surface area contributed by atoms with Crippen molar-refractivity contribution in [2.45, 2.75) is 58.0 Å². The summed E-state index contributed by atoms with van der Waals surface area (Å²) < 4.78 is 0. The van der Waals surface area contributed by atoms with Gasteiger partial charge >= 0.3 is 6.03 Å². The minimum atomic E-state index is 0.0863. The second kappa shape index (κ2) is 7.93. The third kappa shape index (κ3) is 4.55. The average molecular weight is 274 g/mol. The first-order valence-electron chi connectivity index (χ1n) is 7.89. The molecule has 0 saturated heterocycles. The van der Waals surface area contributed by atoms with Crippen LogP contribution < -0.4 is 5.32 Å². The highest BCUT2D eigenvalue weighted by atomic mass is 16.2. The zero-order chi connectivity index (χ0) is 14.2. The molecular weight excluding hydrogens is 248 g/mol. The molecule has 0 aliphatic heterocycles. The highest BCUT2D eigenvalue weighted by Crippen LogP contribution is 2.17. The molecule has 0 unspecified atom stereocenters. The normalized spacial score (nSPS) is 16.4. The Hall–Kier alpha value is -1.51. The van der Waals surface area contributed by atoms with E-state index in [0.717, 1.165) is 19.4 Å². The number of carbonyl (C=O) groups is 1. The third-order valence-corrected chi connectivity index (χ3v) is 4.07. The van der Waals surface area contributed by atoms with E-state index in [1.807, 2.05) is 30.0 Å². The summed E-state index contributed by atoms with van der Waals surface area (Å²) >= 11 is 0. The topological polar surface area (TPSA) is 32.3 Å². The number of amides is 2. The van der Waals surface area contributed by atoms with Gasteiger partial charge in [-0.2, -0.15) is 0 Å². The van der Waals surface area contributed by atoms with Gasteiger partial charge in [-0.05, 0) is 25.3 Å². The van der Waals surface area contributed by atoms with Crippen molar-refractivity contribution in [2.75, 3.05) is 6.54 Å². The molecule has 2 amide bonds. The maximum absolute atomic E-state index is 12.4. The number of hydrogen-bond acceptors (Lipinski definition) is 1. The number of nitrogens with zero attached hydrogens (tertiary/aromatic N) is 1. The van der Waals surface area contributed by atoms with Crippen LogP contribution in [0.2, 0.25) is 0 Å². The first-order valence-corrected chi connectivity index (χ1v) is 7.89. The van der Waals surface area contributed by atoms with Crippen molar-refractivity contribution in [3.63, 3.8) is 0 Å². The highest BCUT2D eigenvalue weighted by molar-refractivity contribution is 5.74. The fourth-order valence-corrected chi connectivity index (χ4v) is 2.82. The van der Waals surface area contributed by atoms with E-state index in [9.17, 15) is 4.79 Å². The van der Waals surface area contributed by atoms with E-state index in [-0.39, 0.29) is 6.03 Å². The van der Waals surface area contributed by atoms with E-state index < -0.39 is 0 Å². The van der Waals surface area contributed by atoms with Crippen LogP contribution in [0.15, 0.2) is 30.3 Å². The molecule has 1 saturated carbocycles. The SMILES string of the molecule is CCN(Cc1ccccc1)C(=O)NC1CCCCCC1. The molecule has 3 nitrogen and oxygen atoms in total. The van der Waals surface area contributed by atoms with Gasteiger partial charge in [0.1, 0.15) is 0 Å². The largest absolute Gasteiger partial charge is 0.335 e. The standard InChI is InChI=1S/C17H26N2O/c1-2-19(14-15-10-6-5-7-11-15)17(20)18-16-12-8-3-4-9-13-16/h5-7,10-11,16H,2-4,8-9,12-14H2,1H3,(H,18,20). The molecule has 0 radical (unpaired) electrons. The summed E-state index contributed by atoms with van der Waals surface area (Å²) in [6.07, 6.45) is 7.39. The molecule has 3 heteroatoms. The summed E-state index contributed by atoms with van der Waals surface area (Å²) in [5.41, 5.74) is 1.19. The molecule has 1 aromatic carbocycles. The van der Waals surface area contributed by atoms with E-state index in [2.05, 4.69) is 17.4 Å². The van der Waals surface area contributed by atoms with Gasteiger partial charge in [0, 0.05) is 19.1 Å². The Bertz CT molecular complexity index is 397. The molecule has 0 heterocycles. The van der Waals surface area contributed by atoms with E-state index in [1.54, 1.807) is 0 Å². The Kier molecular flexibility index (Phi) is 5.90. The number of hydrogen-bond donors (Lipinski definition) is 1. The minimum Gasteiger partial charge on any atom is -0.335 e. The number of carbonyl (C=O) groups excluding carboxylic acids is 1. The molecule has 0 atom stereocenters. The number of rotatable bonds is 4. The zero-order valence-electron chi connectivity index (χ0n) is 12.5. The van der Waals surface area contributed by atoms with Crippen molar-refractivity contribution in [2.24, 2.45) is 0 Å². The van der Waals surface area contributed by atoms with Gasteiger partial charge in [0.15, 0.2) is 0 Å². The van der Waals surface area contributed by atoms with Crippen molar-refractivity contribution in [3.8, 4) is 0 Å². The Labute approximate surface area is 122 Å². The molecule has 2 rings (SSSR count). The second-order valence-corrected chi connectivity index (χ2v) is 5.64. The number of nitrogens with one attached hydrogen (secondary N) is 1. The van der Waals surface area contributed by atoms with Gasteiger partial charge in [0.2, 0.25) is 0 Å². The van der Waals surface area contributed by atoms with Crippen LogP contribution in [-0.4, -0.2) is 23.5 Å². The van der Waals surface area contributed by atoms with E-state index in [0.29, 0.717) is 12.6 Å². The summed E-state index contributed by atoms with van der Waals surface area (Å²) in [6, 6.07) is 10.6. The molecule has 1 fully saturated rings. The van der Waals surface area contributed by atoms with Gasteiger partial charge in [-0.15, -0.1) is 0 Å². The summed E-state index contributed by atoms with van der Waals surface area (Å²) in [7, 11) is 0. The molecule has 0 spiro atoms. The van der Waals surface area contributed by atoms with Gasteiger partial charge in [-0.3, -0.25) is 0 Å². The summed E-state index contributed by atoms with van der Waals surface area (Å²) in [4.78, 5) is 14.3. The molecule has 110 valence electrons. The van der Waals surface area contributed by atoms with E-state index in [4.69, 9.17) is 0 Å². The maximum atomic E-state index is 12.4. The van der Waals surface area contributed by atoms with Gasteiger partial charge < -0.3 is 10.2 Å². The first kappa shape index (κ1) is 14.9. The van der Waals surface area contributed by atoms with Gasteiger partial charge in [0.25, 0.3) is 0 Å². The Balaban J connectivity index is 1.88. The van der Waals surface area contributed by atoms with Crippen LogP contribution in [0.3, 0.4) is 0 Å². The lowest BCUT2D eigenvalue weighted by Gasteiger charge is -2.25. The lowest BCUT2D eigenvalue weighted by atomic mass is 10.1. The number of urea groups is 1. The van der Waals surface area contributed by atoms with E-state index in [1.165, 1.54) is 31.2 Å². The monoisotopic (exact) mass is 274 g/mol. The quantitative estimate of drug-likeness (QED) is 0.829. The minimum absolute atomic E-state index is 0.0863. The van der Waals surface area contributed by atoms with Crippen molar-refractivity contribution >= 4 is 6.03 Å². The van der Waals surface area contributed by atoms with Crippen LogP contribution >= 0.6 is 0 Å². The number of benzene rings is 1. The van der Waals surface area contributed by atoms with Crippen molar-refractivity contribution < 1.29 is 4.79 Å². The summed E-state index contributed by atoms with van der Waals surface area (Å²) in [5.74, 6) is 0. The lowest BCUT2D eigenvalue weighted by molar-refractivity contribution is 0.192. The average Bonchev–Trinajstić information content (AvgIpc) is 2.74. The van der Waals surface area contributed by atoms with Crippen molar-refractivity contribution in [3.05, 3.63) is 35.9 Å². The third-order valence-electron chi connectivity index (χ3n) is 4.07. The van der Waals surface area contributed by atoms with Crippen LogP contribution in [0.5, 0.6) is 0 Å². The fourth-order valence-electron chi connectivity index (χ4n) is 2.82. The Morgan fingerprint density at radius 3 is 2.40 bits per heavy atom. The molecule has 1 N–H and O–H groups in total. The molecular formula is C17H26N2O. The molecule has 1 aromatic rings. The predicted octanol–water partition coefficient (Wildman–Crippen LogP) is 3.94. The predicted molar refractivity (Wildman–Crippen MR) is 82.5 cm³/mol. The molecule has 1 aliphatic carbocycles. The van der Waals surface area contributed by atoms with Crippen LogP contribution in [0.25, 0.3) is 0 Å². The van der Waals surface area contributed by atoms with Crippen LogP contribution in [0.4, 0.5) is 4.79 Å². The molecule has 20 heavy (non-hydrogen) atoms. The van der Waals surface area contributed by atoms with Gasteiger partial charge in [0.05, 0.1) is 0 Å². The summed E-state index contributed by atoms with van der Waals surface area (Å²) in [6.45, 7) is 3.47. The van der Waals surface area contributed by atoms with Crippen LogP contribution in [-0.2, 0) is 6.54 Å². The van der Waals surface area contributed by atoms with Crippen LogP contribution in [0, 0.1) is 0 Å². The smallest absolute Gasteiger partial charge is 0.317 e. The fraction of sp³-hybridized carbons (Fsp3) is 0.588. The van der Waals surface area contributed by atoms with Gasteiger partial charge in [-0.1, -0.05) is 56.0 Å². The van der Waals surface area contributed by atoms with Gasteiger partial charge in [-0.25, -0.2) is 4.79 Å². The van der Waals surface area contributed by atoms with Crippen molar-refractivity contribution in [1.29, 1.82) is 0 Å². The first-order chi connectivity index (χ1) is 9.79.